The number of nitrogens with zero attached hydrogens (tertiary/aromatic N) is 3. The standard InChI is InChI=1S/C31H38Cl2N4O4/c1-4-11-37(12-6-5-8-31(38)9-10-31)13-7-14-41-29-17-25-22(15-28(29)40-3)30(21(19-34)20-35-25)36-26-18-27(39-2)24(33)16-23(26)32/h15-18,20,38H,4-14H2,1-3H3,(H,35,36). The molecule has 2 aromatic carbocycles. The summed E-state index contributed by atoms with van der Waals surface area (Å²) in [6.45, 7) is 5.75. The van der Waals surface area contributed by atoms with Gasteiger partial charge in [-0.25, -0.2) is 0 Å². The van der Waals surface area contributed by atoms with E-state index in [0.29, 0.717) is 61.7 Å². The molecule has 8 nitrogen and oxygen atoms in total. The van der Waals surface area contributed by atoms with Crippen LogP contribution in [0.3, 0.4) is 0 Å². The Labute approximate surface area is 252 Å². The summed E-state index contributed by atoms with van der Waals surface area (Å²) >= 11 is 12.7. The number of anilines is 2. The van der Waals surface area contributed by atoms with E-state index in [1.165, 1.54) is 13.3 Å². The Morgan fingerprint density at radius 2 is 1.76 bits per heavy atom. The lowest BCUT2D eigenvalue weighted by atomic mass is 10.1. The van der Waals surface area contributed by atoms with Crippen molar-refractivity contribution in [2.24, 2.45) is 0 Å². The Kier molecular flexibility index (Phi) is 10.8. The fourth-order valence-electron chi connectivity index (χ4n) is 4.91. The average molecular weight is 602 g/mol. The van der Waals surface area contributed by atoms with E-state index in [0.717, 1.165) is 64.6 Å². The van der Waals surface area contributed by atoms with Crippen molar-refractivity contribution < 1.29 is 19.3 Å². The number of halogens is 2. The lowest BCUT2D eigenvalue weighted by Crippen LogP contribution is -2.28. The number of rotatable bonds is 16. The summed E-state index contributed by atoms with van der Waals surface area (Å²) in [5, 5.41) is 24.6. The minimum atomic E-state index is -0.360. The second kappa shape index (κ2) is 14.3. The first-order chi connectivity index (χ1) is 19.8. The molecule has 1 aromatic heterocycles. The zero-order valence-electron chi connectivity index (χ0n) is 23.9. The summed E-state index contributed by atoms with van der Waals surface area (Å²) in [5.74, 6) is 1.59. The second-order valence-corrected chi connectivity index (χ2v) is 11.3. The molecule has 1 aliphatic carbocycles. The van der Waals surface area contributed by atoms with Crippen LogP contribution in [0.4, 0.5) is 11.4 Å². The van der Waals surface area contributed by atoms with Gasteiger partial charge in [0, 0.05) is 30.3 Å². The number of aromatic nitrogens is 1. The van der Waals surface area contributed by atoms with Crippen LogP contribution in [0.25, 0.3) is 10.9 Å². The van der Waals surface area contributed by atoms with Crippen LogP contribution in [0.15, 0.2) is 30.5 Å². The maximum Gasteiger partial charge on any atom is 0.163 e. The highest BCUT2D eigenvalue weighted by atomic mass is 35.5. The molecule has 3 aromatic rings. The van der Waals surface area contributed by atoms with Crippen molar-refractivity contribution in [3.63, 3.8) is 0 Å². The molecule has 10 heteroatoms. The number of hydrogen-bond donors (Lipinski definition) is 2. The van der Waals surface area contributed by atoms with Crippen molar-refractivity contribution in [1.29, 1.82) is 5.26 Å². The van der Waals surface area contributed by atoms with Crippen LogP contribution in [0.2, 0.25) is 10.0 Å². The van der Waals surface area contributed by atoms with E-state index < -0.39 is 0 Å². The molecule has 2 N–H and O–H groups in total. The Morgan fingerprint density at radius 1 is 1.00 bits per heavy atom. The van der Waals surface area contributed by atoms with E-state index in [9.17, 15) is 10.4 Å². The average Bonchev–Trinajstić information content (AvgIpc) is 3.71. The monoisotopic (exact) mass is 600 g/mol. The maximum absolute atomic E-state index is 10.1. The fourth-order valence-corrected chi connectivity index (χ4v) is 5.42. The smallest absolute Gasteiger partial charge is 0.163 e. The largest absolute Gasteiger partial charge is 0.495 e. The van der Waals surface area contributed by atoms with Gasteiger partial charge in [0.05, 0.1) is 58.9 Å². The first-order valence-electron chi connectivity index (χ1n) is 14.1. The van der Waals surface area contributed by atoms with E-state index in [-0.39, 0.29) is 5.60 Å². The lowest BCUT2D eigenvalue weighted by molar-refractivity contribution is 0.134. The number of fused-ring (bicyclic) bond motifs is 1. The van der Waals surface area contributed by atoms with Gasteiger partial charge >= 0.3 is 0 Å². The third-order valence-corrected chi connectivity index (χ3v) is 7.99. The number of unbranched alkanes of at least 4 members (excludes halogenated alkanes) is 1. The molecule has 1 heterocycles. The van der Waals surface area contributed by atoms with Crippen molar-refractivity contribution in [3.05, 3.63) is 46.1 Å². The third kappa shape index (κ3) is 8.08. The quantitative estimate of drug-likeness (QED) is 0.165. The molecule has 4 rings (SSSR count). The van der Waals surface area contributed by atoms with Crippen LogP contribution in [0, 0.1) is 11.3 Å². The molecule has 0 atom stereocenters. The highest BCUT2D eigenvalue weighted by Crippen LogP contribution is 2.41. The zero-order valence-corrected chi connectivity index (χ0v) is 25.4. The molecule has 0 bridgehead atoms. The van der Waals surface area contributed by atoms with Gasteiger partial charge in [0.25, 0.3) is 0 Å². The zero-order chi connectivity index (χ0) is 29.4. The third-order valence-electron chi connectivity index (χ3n) is 7.38. The van der Waals surface area contributed by atoms with Crippen LogP contribution >= 0.6 is 23.2 Å². The van der Waals surface area contributed by atoms with E-state index in [1.807, 2.05) is 12.1 Å². The second-order valence-electron chi connectivity index (χ2n) is 10.5. The van der Waals surface area contributed by atoms with Crippen molar-refractivity contribution in [1.82, 2.24) is 9.88 Å². The number of hydrogen-bond acceptors (Lipinski definition) is 8. The predicted octanol–water partition coefficient (Wildman–Crippen LogP) is 7.35. The molecule has 0 unspecified atom stereocenters. The van der Waals surface area contributed by atoms with Gasteiger partial charge in [0.15, 0.2) is 11.5 Å². The normalized spacial score (nSPS) is 13.7. The minimum absolute atomic E-state index is 0.348. The van der Waals surface area contributed by atoms with Crippen LogP contribution in [0.1, 0.15) is 57.4 Å². The molecule has 220 valence electrons. The van der Waals surface area contributed by atoms with Gasteiger partial charge in [0.2, 0.25) is 0 Å². The van der Waals surface area contributed by atoms with E-state index in [2.05, 4.69) is 28.2 Å². The summed E-state index contributed by atoms with van der Waals surface area (Å²) in [6.07, 6.45) is 8.49. The summed E-state index contributed by atoms with van der Waals surface area (Å²) in [7, 11) is 3.11. The van der Waals surface area contributed by atoms with E-state index >= 15 is 0 Å². The summed E-state index contributed by atoms with van der Waals surface area (Å²) in [4.78, 5) is 6.97. The van der Waals surface area contributed by atoms with Gasteiger partial charge in [-0.05, 0) is 70.2 Å². The predicted molar refractivity (Wildman–Crippen MR) is 164 cm³/mol. The van der Waals surface area contributed by atoms with Gasteiger partial charge in [-0.15, -0.1) is 0 Å². The number of pyridine rings is 1. The van der Waals surface area contributed by atoms with Gasteiger partial charge in [-0.3, -0.25) is 4.98 Å². The number of ether oxygens (including phenoxy) is 3. The maximum atomic E-state index is 10.1. The summed E-state index contributed by atoms with van der Waals surface area (Å²) < 4.78 is 17.2. The minimum Gasteiger partial charge on any atom is -0.495 e. The first-order valence-corrected chi connectivity index (χ1v) is 14.8. The van der Waals surface area contributed by atoms with Crippen molar-refractivity contribution in [2.75, 3.05) is 45.8 Å². The van der Waals surface area contributed by atoms with Gasteiger partial charge in [0.1, 0.15) is 11.8 Å². The molecule has 0 amide bonds. The SMILES string of the molecule is CCCN(CCCCC1(O)CC1)CCCOc1cc2ncc(C#N)c(Nc3cc(OC)c(Cl)cc3Cl)c2cc1OC. The van der Waals surface area contributed by atoms with Gasteiger partial charge in [-0.2, -0.15) is 5.26 Å². The molecule has 0 aliphatic heterocycles. The molecule has 0 saturated heterocycles. The number of nitrogens with one attached hydrogen (secondary N) is 1. The molecule has 0 spiro atoms. The summed E-state index contributed by atoms with van der Waals surface area (Å²) in [6, 6.07) is 9.12. The van der Waals surface area contributed by atoms with Crippen LogP contribution in [-0.4, -0.2) is 61.1 Å². The Balaban J connectivity index is 1.45. The van der Waals surface area contributed by atoms with Gasteiger partial charge < -0.3 is 29.5 Å². The molecule has 1 saturated carbocycles. The van der Waals surface area contributed by atoms with Crippen LogP contribution in [-0.2, 0) is 0 Å². The number of methoxy groups -OCH3 is 2. The molecule has 0 radical (unpaired) electrons. The number of benzene rings is 2. The molecular weight excluding hydrogens is 563 g/mol. The van der Waals surface area contributed by atoms with E-state index in [4.69, 9.17) is 37.4 Å². The Hall–Kier alpha value is -2.96. The highest BCUT2D eigenvalue weighted by Gasteiger charge is 2.39. The number of nitriles is 1. The molecule has 41 heavy (non-hydrogen) atoms. The van der Waals surface area contributed by atoms with Gasteiger partial charge in [-0.1, -0.05) is 30.1 Å². The van der Waals surface area contributed by atoms with Crippen LogP contribution in [0.5, 0.6) is 17.2 Å². The Morgan fingerprint density at radius 3 is 2.44 bits per heavy atom. The first kappa shape index (κ1) is 31.0. The van der Waals surface area contributed by atoms with Crippen molar-refractivity contribution in [3.8, 4) is 23.3 Å². The summed E-state index contributed by atoms with van der Waals surface area (Å²) in [5.41, 5.74) is 1.71. The fraction of sp³-hybridized carbons (Fsp3) is 0.484. The lowest BCUT2D eigenvalue weighted by Gasteiger charge is -2.22. The van der Waals surface area contributed by atoms with E-state index in [1.54, 1.807) is 19.2 Å². The van der Waals surface area contributed by atoms with Crippen molar-refractivity contribution in [2.45, 2.75) is 57.5 Å². The molecule has 1 aliphatic rings. The topological polar surface area (TPSA) is 99.9 Å². The highest BCUT2D eigenvalue weighted by molar-refractivity contribution is 6.37. The van der Waals surface area contributed by atoms with Crippen LogP contribution < -0.4 is 19.5 Å². The van der Waals surface area contributed by atoms with Crippen molar-refractivity contribution >= 4 is 45.5 Å². The number of aliphatic hydroxyl groups is 1. The Bertz CT molecular complexity index is 1390. The molecule has 1 fully saturated rings. The molecular formula is C31H38Cl2N4O4.